The minimum atomic E-state index is -2.91. The summed E-state index contributed by atoms with van der Waals surface area (Å²) in [7, 11) is -2.91. The van der Waals surface area contributed by atoms with Gasteiger partial charge >= 0.3 is 0 Å². The molecule has 1 saturated heterocycles. The van der Waals surface area contributed by atoms with E-state index in [0.717, 1.165) is 12.0 Å². The molecule has 6 heteroatoms. The second-order valence-electron chi connectivity index (χ2n) is 5.29. The second-order valence-corrected chi connectivity index (χ2v) is 7.60. The van der Waals surface area contributed by atoms with Gasteiger partial charge in [-0.05, 0) is 25.0 Å². The summed E-state index contributed by atoms with van der Waals surface area (Å²) in [4.78, 5) is 11.3. The number of aldehydes is 1. The van der Waals surface area contributed by atoms with E-state index in [9.17, 15) is 13.2 Å². The Labute approximate surface area is 123 Å². The summed E-state index contributed by atoms with van der Waals surface area (Å²) < 4.78 is 24.7. The Balaban J connectivity index is 1.92. The van der Waals surface area contributed by atoms with Gasteiger partial charge in [0, 0.05) is 12.1 Å². The average Bonchev–Trinajstić information content (AvgIpc) is 2.92. The number of nitrogens with zero attached hydrogens (tertiary/aromatic N) is 2. The molecule has 1 aromatic carbocycles. The number of hydrogen-bond acceptors (Lipinski definition) is 4. The van der Waals surface area contributed by atoms with E-state index < -0.39 is 9.84 Å². The molecule has 0 bridgehead atoms. The Morgan fingerprint density at radius 3 is 2.43 bits per heavy atom. The molecule has 3 rings (SSSR count). The first-order valence-electron chi connectivity index (χ1n) is 6.90. The molecule has 110 valence electrons. The molecule has 2 heterocycles. The molecule has 21 heavy (non-hydrogen) atoms. The van der Waals surface area contributed by atoms with Crippen molar-refractivity contribution in [3.8, 4) is 5.69 Å². The van der Waals surface area contributed by atoms with E-state index in [4.69, 9.17) is 0 Å². The quantitative estimate of drug-likeness (QED) is 0.813. The van der Waals surface area contributed by atoms with Crippen molar-refractivity contribution in [1.29, 1.82) is 0 Å². The van der Waals surface area contributed by atoms with Crippen LogP contribution in [-0.4, -0.2) is 36.0 Å². The summed E-state index contributed by atoms with van der Waals surface area (Å²) in [6.07, 6.45) is 3.58. The fraction of sp³-hybridized carbons (Fsp3) is 0.333. The van der Waals surface area contributed by atoms with Gasteiger partial charge in [-0.25, -0.2) is 13.1 Å². The molecule has 0 unspecified atom stereocenters. The summed E-state index contributed by atoms with van der Waals surface area (Å²) in [6, 6.07) is 9.56. The molecule has 0 radical (unpaired) electrons. The summed E-state index contributed by atoms with van der Waals surface area (Å²) >= 11 is 0. The smallest absolute Gasteiger partial charge is 0.153 e. The Morgan fingerprint density at radius 1 is 1.14 bits per heavy atom. The lowest BCUT2D eigenvalue weighted by Gasteiger charge is -2.20. The lowest BCUT2D eigenvalue weighted by Crippen LogP contribution is -2.23. The summed E-state index contributed by atoms with van der Waals surface area (Å²) in [5.41, 5.74) is 2.14. The molecule has 0 aliphatic carbocycles. The van der Waals surface area contributed by atoms with Crippen LogP contribution in [0.5, 0.6) is 0 Å². The first-order valence-corrected chi connectivity index (χ1v) is 8.72. The molecule has 0 amide bonds. The van der Waals surface area contributed by atoms with Crippen LogP contribution in [0, 0.1) is 0 Å². The van der Waals surface area contributed by atoms with Crippen LogP contribution < -0.4 is 0 Å². The number of benzene rings is 1. The SMILES string of the molecule is O=Cc1cn(-c2ccccc2)nc1C1CCS(=O)(=O)CC1. The van der Waals surface area contributed by atoms with Crippen molar-refractivity contribution >= 4 is 16.1 Å². The van der Waals surface area contributed by atoms with Crippen molar-refractivity contribution in [3.63, 3.8) is 0 Å². The van der Waals surface area contributed by atoms with E-state index >= 15 is 0 Å². The first-order chi connectivity index (χ1) is 10.1. The van der Waals surface area contributed by atoms with Gasteiger partial charge < -0.3 is 0 Å². The third-order valence-corrected chi connectivity index (χ3v) is 5.58. The third-order valence-electron chi connectivity index (χ3n) is 3.86. The highest BCUT2D eigenvalue weighted by Gasteiger charge is 2.28. The summed E-state index contributed by atoms with van der Waals surface area (Å²) in [5.74, 6) is 0.390. The molecule has 5 nitrogen and oxygen atoms in total. The maximum absolute atomic E-state index is 11.5. The zero-order valence-electron chi connectivity index (χ0n) is 11.5. The zero-order chi connectivity index (χ0) is 14.9. The highest BCUT2D eigenvalue weighted by atomic mass is 32.2. The fourth-order valence-corrected chi connectivity index (χ4v) is 4.18. The Morgan fingerprint density at radius 2 is 1.81 bits per heavy atom. The second kappa shape index (κ2) is 5.44. The summed E-state index contributed by atoms with van der Waals surface area (Å²) in [5, 5.41) is 4.51. The van der Waals surface area contributed by atoms with Gasteiger partial charge in [-0.1, -0.05) is 18.2 Å². The van der Waals surface area contributed by atoms with Crippen molar-refractivity contribution in [3.05, 3.63) is 47.8 Å². The standard InChI is InChI=1S/C15H16N2O3S/c18-11-13-10-17(14-4-2-1-3-5-14)16-15(13)12-6-8-21(19,20)9-7-12/h1-5,10-12H,6-9H2. The van der Waals surface area contributed by atoms with Crippen LogP contribution in [0.25, 0.3) is 5.69 Å². The van der Waals surface area contributed by atoms with Crippen molar-refractivity contribution < 1.29 is 13.2 Å². The van der Waals surface area contributed by atoms with Crippen molar-refractivity contribution in [2.75, 3.05) is 11.5 Å². The first kappa shape index (κ1) is 14.0. The van der Waals surface area contributed by atoms with Gasteiger partial charge in [0.05, 0.1) is 28.5 Å². The largest absolute Gasteiger partial charge is 0.298 e. The molecule has 0 saturated carbocycles. The van der Waals surface area contributed by atoms with E-state index in [0.29, 0.717) is 24.1 Å². The van der Waals surface area contributed by atoms with Crippen LogP contribution in [0.1, 0.15) is 34.8 Å². The number of aromatic nitrogens is 2. The number of carbonyl (C=O) groups is 1. The van der Waals surface area contributed by atoms with E-state index in [1.165, 1.54) is 0 Å². The fourth-order valence-electron chi connectivity index (χ4n) is 2.69. The minimum absolute atomic E-state index is 0.0405. The van der Waals surface area contributed by atoms with Crippen molar-refractivity contribution in [1.82, 2.24) is 9.78 Å². The minimum Gasteiger partial charge on any atom is -0.298 e. The monoisotopic (exact) mass is 304 g/mol. The molecule has 1 aliphatic heterocycles. The van der Waals surface area contributed by atoms with Gasteiger partial charge in [0.1, 0.15) is 9.84 Å². The molecule has 1 aliphatic rings. The predicted molar refractivity (Wildman–Crippen MR) is 79.6 cm³/mol. The van der Waals surface area contributed by atoms with Crippen LogP contribution in [0.2, 0.25) is 0 Å². The predicted octanol–water partition coefficient (Wildman–Crippen LogP) is 1.98. The van der Waals surface area contributed by atoms with Crippen molar-refractivity contribution in [2.45, 2.75) is 18.8 Å². The Bertz CT molecular complexity index is 736. The van der Waals surface area contributed by atoms with Crippen LogP contribution in [0.15, 0.2) is 36.5 Å². The Kier molecular flexibility index (Phi) is 3.63. The van der Waals surface area contributed by atoms with E-state index in [1.54, 1.807) is 10.9 Å². The molecule has 1 fully saturated rings. The van der Waals surface area contributed by atoms with Gasteiger partial charge in [-0.15, -0.1) is 0 Å². The molecule has 0 spiro atoms. The van der Waals surface area contributed by atoms with Crippen LogP contribution in [-0.2, 0) is 9.84 Å². The highest BCUT2D eigenvalue weighted by Crippen LogP contribution is 2.30. The third kappa shape index (κ3) is 2.90. The highest BCUT2D eigenvalue weighted by molar-refractivity contribution is 7.91. The maximum Gasteiger partial charge on any atom is 0.153 e. The number of sulfone groups is 1. The lowest BCUT2D eigenvalue weighted by molar-refractivity contribution is 0.112. The normalized spacial score (nSPS) is 18.5. The molecule has 0 atom stereocenters. The van der Waals surface area contributed by atoms with E-state index in [2.05, 4.69) is 5.10 Å². The van der Waals surface area contributed by atoms with E-state index in [-0.39, 0.29) is 17.4 Å². The van der Waals surface area contributed by atoms with Gasteiger partial charge in [0.25, 0.3) is 0 Å². The van der Waals surface area contributed by atoms with Gasteiger partial charge in [-0.3, -0.25) is 4.79 Å². The molecule has 2 aromatic rings. The van der Waals surface area contributed by atoms with Crippen LogP contribution >= 0.6 is 0 Å². The molecule has 0 N–H and O–H groups in total. The molecular formula is C15H16N2O3S. The maximum atomic E-state index is 11.5. The number of hydrogen-bond donors (Lipinski definition) is 0. The number of rotatable bonds is 3. The van der Waals surface area contributed by atoms with E-state index in [1.807, 2.05) is 30.3 Å². The summed E-state index contributed by atoms with van der Waals surface area (Å²) in [6.45, 7) is 0. The molecule has 1 aromatic heterocycles. The number of para-hydroxylation sites is 1. The Hall–Kier alpha value is -1.95. The zero-order valence-corrected chi connectivity index (χ0v) is 12.3. The lowest BCUT2D eigenvalue weighted by atomic mass is 9.96. The topological polar surface area (TPSA) is 69.0 Å². The molecular weight excluding hydrogens is 288 g/mol. The van der Waals surface area contributed by atoms with Crippen LogP contribution in [0.3, 0.4) is 0 Å². The average molecular weight is 304 g/mol. The van der Waals surface area contributed by atoms with Gasteiger partial charge in [0.2, 0.25) is 0 Å². The number of carbonyl (C=O) groups excluding carboxylic acids is 1. The van der Waals surface area contributed by atoms with Gasteiger partial charge in [0.15, 0.2) is 6.29 Å². The van der Waals surface area contributed by atoms with Crippen molar-refractivity contribution in [2.24, 2.45) is 0 Å². The van der Waals surface area contributed by atoms with Crippen LogP contribution in [0.4, 0.5) is 0 Å². The van der Waals surface area contributed by atoms with Gasteiger partial charge in [-0.2, -0.15) is 5.10 Å².